The number of fused-ring (bicyclic) bond motifs is 1. The zero-order chi connectivity index (χ0) is 13.2. The minimum absolute atomic E-state index is 0.00412. The first kappa shape index (κ1) is 12.7. The number of likely N-dealkylation sites (N-methyl/N-ethyl adjacent to an activating group) is 1. The molecule has 1 atom stereocenters. The van der Waals surface area contributed by atoms with Gasteiger partial charge in [0.2, 0.25) is 5.91 Å². The summed E-state index contributed by atoms with van der Waals surface area (Å²) in [6.45, 7) is 1.65. The second-order valence-corrected chi connectivity index (χ2v) is 5.77. The Morgan fingerprint density at radius 1 is 1.26 bits per heavy atom. The van der Waals surface area contributed by atoms with Crippen molar-refractivity contribution in [3.63, 3.8) is 0 Å². The van der Waals surface area contributed by atoms with E-state index in [-0.39, 0.29) is 11.8 Å². The molecule has 1 fully saturated rings. The standard InChI is InChI=1S/C16H22N2O/c1-18(13-7-3-4-8-13)16(19)15-11-17-10-12-6-2-5-9-14(12)15/h2,5-6,9,13,15,17H,3-4,7-8,10-11H2,1H3. The predicted octanol–water partition coefficient (Wildman–Crippen LogP) is 2.27. The molecule has 102 valence electrons. The van der Waals surface area contributed by atoms with Gasteiger partial charge in [0.25, 0.3) is 0 Å². The van der Waals surface area contributed by atoms with Gasteiger partial charge in [-0.05, 0) is 24.0 Å². The van der Waals surface area contributed by atoms with Gasteiger partial charge in [-0.3, -0.25) is 4.79 Å². The average Bonchev–Trinajstić information content (AvgIpc) is 2.99. The molecule has 1 aromatic carbocycles. The summed E-state index contributed by atoms with van der Waals surface area (Å²) in [5.41, 5.74) is 2.49. The van der Waals surface area contributed by atoms with Gasteiger partial charge in [-0.1, -0.05) is 37.1 Å². The molecule has 0 saturated heterocycles. The first-order valence-corrected chi connectivity index (χ1v) is 7.32. The van der Waals surface area contributed by atoms with Crippen molar-refractivity contribution in [2.75, 3.05) is 13.6 Å². The van der Waals surface area contributed by atoms with Crippen LogP contribution in [0.5, 0.6) is 0 Å². The second-order valence-electron chi connectivity index (χ2n) is 5.77. The molecule has 1 saturated carbocycles. The minimum Gasteiger partial charge on any atom is -0.342 e. The van der Waals surface area contributed by atoms with E-state index >= 15 is 0 Å². The summed E-state index contributed by atoms with van der Waals surface area (Å²) in [6.07, 6.45) is 4.87. The van der Waals surface area contributed by atoms with E-state index in [1.54, 1.807) is 0 Å². The molecule has 1 amide bonds. The summed E-state index contributed by atoms with van der Waals surface area (Å²) in [5, 5.41) is 3.37. The molecule has 1 aliphatic heterocycles. The molecule has 1 unspecified atom stereocenters. The van der Waals surface area contributed by atoms with E-state index in [1.165, 1.54) is 36.8 Å². The van der Waals surface area contributed by atoms with Crippen LogP contribution in [0.1, 0.15) is 42.7 Å². The van der Waals surface area contributed by atoms with Crippen molar-refractivity contribution in [2.45, 2.75) is 44.2 Å². The molecule has 0 bridgehead atoms. The average molecular weight is 258 g/mol. The molecule has 3 rings (SSSR count). The van der Waals surface area contributed by atoms with Gasteiger partial charge < -0.3 is 10.2 Å². The van der Waals surface area contributed by atoms with E-state index in [0.717, 1.165) is 13.1 Å². The maximum Gasteiger partial charge on any atom is 0.231 e. The molecule has 1 aliphatic carbocycles. The fraction of sp³-hybridized carbons (Fsp3) is 0.562. The third-order valence-corrected chi connectivity index (χ3v) is 4.61. The molecular weight excluding hydrogens is 236 g/mol. The topological polar surface area (TPSA) is 32.3 Å². The Labute approximate surface area is 115 Å². The summed E-state index contributed by atoms with van der Waals surface area (Å²) in [7, 11) is 1.98. The van der Waals surface area contributed by atoms with Gasteiger partial charge in [0.05, 0.1) is 5.92 Å². The van der Waals surface area contributed by atoms with Gasteiger partial charge >= 0.3 is 0 Å². The number of amides is 1. The summed E-state index contributed by atoms with van der Waals surface area (Å²) < 4.78 is 0. The lowest BCUT2D eigenvalue weighted by molar-refractivity contribution is -0.133. The van der Waals surface area contributed by atoms with E-state index in [0.29, 0.717) is 6.04 Å². The first-order valence-electron chi connectivity index (χ1n) is 7.32. The van der Waals surface area contributed by atoms with Gasteiger partial charge in [0.15, 0.2) is 0 Å². The van der Waals surface area contributed by atoms with E-state index in [9.17, 15) is 4.79 Å². The molecule has 3 heteroatoms. The first-order chi connectivity index (χ1) is 9.27. The van der Waals surface area contributed by atoms with Crippen LogP contribution in [0.3, 0.4) is 0 Å². The molecule has 0 radical (unpaired) electrons. The van der Waals surface area contributed by atoms with Crippen LogP contribution in [-0.4, -0.2) is 30.4 Å². The van der Waals surface area contributed by atoms with Crippen molar-refractivity contribution in [2.24, 2.45) is 0 Å². The Morgan fingerprint density at radius 2 is 2.00 bits per heavy atom. The van der Waals surface area contributed by atoms with Crippen LogP contribution < -0.4 is 5.32 Å². The van der Waals surface area contributed by atoms with E-state index < -0.39 is 0 Å². The van der Waals surface area contributed by atoms with Crippen LogP contribution in [-0.2, 0) is 11.3 Å². The molecule has 1 heterocycles. The van der Waals surface area contributed by atoms with Crippen molar-refractivity contribution in [3.8, 4) is 0 Å². The maximum atomic E-state index is 12.7. The van der Waals surface area contributed by atoms with E-state index in [1.807, 2.05) is 24.1 Å². The number of hydrogen-bond donors (Lipinski definition) is 1. The van der Waals surface area contributed by atoms with Gasteiger partial charge in [0.1, 0.15) is 0 Å². The lowest BCUT2D eigenvalue weighted by Gasteiger charge is -2.32. The number of nitrogens with zero attached hydrogens (tertiary/aromatic N) is 1. The fourth-order valence-corrected chi connectivity index (χ4v) is 3.43. The van der Waals surface area contributed by atoms with Crippen LogP contribution in [0.25, 0.3) is 0 Å². The Balaban J connectivity index is 1.80. The highest BCUT2D eigenvalue weighted by atomic mass is 16.2. The molecule has 2 aliphatic rings. The lowest BCUT2D eigenvalue weighted by Crippen LogP contribution is -2.43. The van der Waals surface area contributed by atoms with Gasteiger partial charge in [-0.25, -0.2) is 0 Å². The highest BCUT2D eigenvalue weighted by molar-refractivity contribution is 5.84. The largest absolute Gasteiger partial charge is 0.342 e. The monoisotopic (exact) mass is 258 g/mol. The number of hydrogen-bond acceptors (Lipinski definition) is 2. The van der Waals surface area contributed by atoms with E-state index in [2.05, 4.69) is 17.4 Å². The zero-order valence-corrected chi connectivity index (χ0v) is 11.6. The molecule has 19 heavy (non-hydrogen) atoms. The summed E-state index contributed by atoms with van der Waals surface area (Å²) >= 11 is 0. The highest BCUT2D eigenvalue weighted by Gasteiger charge is 2.32. The Hall–Kier alpha value is -1.35. The quantitative estimate of drug-likeness (QED) is 0.882. The summed E-state index contributed by atoms with van der Waals surface area (Å²) in [6, 6.07) is 8.79. The second kappa shape index (κ2) is 5.33. The molecule has 0 spiro atoms. The number of nitrogens with one attached hydrogen (secondary N) is 1. The van der Waals surface area contributed by atoms with Crippen LogP contribution in [0.4, 0.5) is 0 Å². The van der Waals surface area contributed by atoms with Gasteiger partial charge in [-0.2, -0.15) is 0 Å². The Kier molecular flexibility index (Phi) is 3.56. The van der Waals surface area contributed by atoms with Gasteiger partial charge in [0, 0.05) is 26.2 Å². The number of carbonyl (C=O) groups is 1. The van der Waals surface area contributed by atoms with Crippen LogP contribution >= 0.6 is 0 Å². The van der Waals surface area contributed by atoms with Crippen LogP contribution in [0.15, 0.2) is 24.3 Å². The van der Waals surface area contributed by atoms with Crippen LogP contribution in [0.2, 0.25) is 0 Å². The molecule has 1 N–H and O–H groups in total. The Bertz CT molecular complexity index is 466. The minimum atomic E-state index is -0.00412. The zero-order valence-electron chi connectivity index (χ0n) is 11.6. The fourth-order valence-electron chi connectivity index (χ4n) is 3.43. The van der Waals surface area contributed by atoms with Crippen molar-refractivity contribution < 1.29 is 4.79 Å². The predicted molar refractivity (Wildman–Crippen MR) is 75.9 cm³/mol. The highest BCUT2D eigenvalue weighted by Crippen LogP contribution is 2.29. The summed E-state index contributed by atoms with van der Waals surface area (Å²) in [4.78, 5) is 14.7. The molecular formula is C16H22N2O. The van der Waals surface area contributed by atoms with E-state index in [4.69, 9.17) is 0 Å². The normalized spacial score (nSPS) is 23.1. The Morgan fingerprint density at radius 3 is 2.79 bits per heavy atom. The van der Waals surface area contributed by atoms with Crippen molar-refractivity contribution in [1.82, 2.24) is 10.2 Å². The molecule has 0 aromatic heterocycles. The van der Waals surface area contributed by atoms with Crippen molar-refractivity contribution >= 4 is 5.91 Å². The number of benzene rings is 1. The summed E-state index contributed by atoms with van der Waals surface area (Å²) in [5.74, 6) is 0.280. The molecule has 3 nitrogen and oxygen atoms in total. The number of rotatable bonds is 2. The lowest BCUT2D eigenvalue weighted by atomic mass is 9.89. The molecule has 1 aromatic rings. The number of carbonyl (C=O) groups excluding carboxylic acids is 1. The maximum absolute atomic E-state index is 12.7. The smallest absolute Gasteiger partial charge is 0.231 e. The SMILES string of the molecule is CN(C(=O)C1CNCc2ccccc21)C1CCCC1. The van der Waals surface area contributed by atoms with Gasteiger partial charge in [-0.15, -0.1) is 0 Å². The third kappa shape index (κ3) is 2.39. The van der Waals surface area contributed by atoms with Crippen LogP contribution in [0, 0.1) is 0 Å². The van der Waals surface area contributed by atoms with Crippen molar-refractivity contribution in [1.29, 1.82) is 0 Å². The van der Waals surface area contributed by atoms with Crippen molar-refractivity contribution in [3.05, 3.63) is 35.4 Å². The third-order valence-electron chi connectivity index (χ3n) is 4.61.